The highest BCUT2D eigenvalue weighted by molar-refractivity contribution is 9.10. The fraction of sp³-hybridized carbons (Fsp3) is 0.231. The van der Waals surface area contributed by atoms with E-state index in [9.17, 15) is 5.11 Å². The van der Waals surface area contributed by atoms with Crippen molar-refractivity contribution in [3.05, 3.63) is 44.6 Å². The number of aliphatic hydroxyl groups excluding tert-OH is 1. The smallest absolute Gasteiger partial charge is 0.161 e. The van der Waals surface area contributed by atoms with Crippen molar-refractivity contribution in [2.24, 2.45) is 0 Å². The van der Waals surface area contributed by atoms with Gasteiger partial charge in [-0.25, -0.2) is 0 Å². The lowest BCUT2D eigenvalue weighted by molar-refractivity contribution is 0.170. The molecule has 3 rings (SSSR count). The molecular formula is C13H11BrO3S. The Hall–Kier alpha value is -1.04. The molecule has 1 aromatic heterocycles. The SMILES string of the molecule is OC(c1ccc2c(c1)OCCO2)c1cc(Br)cs1. The van der Waals surface area contributed by atoms with Crippen LogP contribution >= 0.6 is 27.3 Å². The van der Waals surface area contributed by atoms with Gasteiger partial charge in [-0.2, -0.15) is 0 Å². The van der Waals surface area contributed by atoms with Gasteiger partial charge in [0.1, 0.15) is 19.3 Å². The topological polar surface area (TPSA) is 38.7 Å². The van der Waals surface area contributed by atoms with Crippen LogP contribution < -0.4 is 9.47 Å². The van der Waals surface area contributed by atoms with Crippen LogP contribution in [0.15, 0.2) is 34.1 Å². The monoisotopic (exact) mass is 326 g/mol. The molecule has 1 aliphatic rings. The third kappa shape index (κ3) is 2.25. The van der Waals surface area contributed by atoms with Gasteiger partial charge in [-0.3, -0.25) is 0 Å². The number of rotatable bonds is 2. The van der Waals surface area contributed by atoms with E-state index < -0.39 is 6.10 Å². The van der Waals surface area contributed by atoms with Gasteiger partial charge in [0.05, 0.1) is 0 Å². The standard InChI is InChI=1S/C13H11BrO3S/c14-9-6-12(18-7-9)13(15)8-1-2-10-11(5-8)17-4-3-16-10/h1-2,5-7,13,15H,3-4H2. The molecule has 3 nitrogen and oxygen atoms in total. The molecule has 18 heavy (non-hydrogen) atoms. The predicted octanol–water partition coefficient (Wildman–Crippen LogP) is 3.36. The molecule has 0 bridgehead atoms. The molecule has 0 fully saturated rings. The fourth-order valence-electron chi connectivity index (χ4n) is 1.87. The van der Waals surface area contributed by atoms with Gasteiger partial charge in [-0.15, -0.1) is 11.3 Å². The highest BCUT2D eigenvalue weighted by Gasteiger charge is 2.17. The Bertz CT molecular complexity index is 567. The summed E-state index contributed by atoms with van der Waals surface area (Å²) in [6.07, 6.45) is -0.628. The van der Waals surface area contributed by atoms with E-state index in [1.54, 1.807) is 0 Å². The average Bonchev–Trinajstić information content (AvgIpc) is 2.84. The molecule has 1 unspecified atom stereocenters. The number of benzene rings is 1. The first-order chi connectivity index (χ1) is 8.74. The lowest BCUT2D eigenvalue weighted by Crippen LogP contribution is -2.15. The van der Waals surface area contributed by atoms with E-state index in [0.717, 1.165) is 20.7 Å². The quantitative estimate of drug-likeness (QED) is 0.919. The molecule has 2 aromatic rings. The van der Waals surface area contributed by atoms with Crippen molar-refractivity contribution in [2.45, 2.75) is 6.10 Å². The van der Waals surface area contributed by atoms with Gasteiger partial charge in [-0.1, -0.05) is 6.07 Å². The summed E-state index contributed by atoms with van der Waals surface area (Å²) in [5.41, 5.74) is 0.814. The van der Waals surface area contributed by atoms with Crippen LogP contribution in [0.4, 0.5) is 0 Å². The first-order valence-electron chi connectivity index (χ1n) is 5.55. The second kappa shape index (κ2) is 4.91. The zero-order valence-electron chi connectivity index (χ0n) is 9.43. The minimum atomic E-state index is -0.628. The Labute approximate surface area is 117 Å². The molecule has 1 aromatic carbocycles. The zero-order valence-corrected chi connectivity index (χ0v) is 11.8. The molecule has 1 N–H and O–H groups in total. The maximum atomic E-state index is 10.3. The molecule has 1 atom stereocenters. The Morgan fingerprint density at radius 2 is 1.94 bits per heavy atom. The highest BCUT2D eigenvalue weighted by Crippen LogP contribution is 2.36. The van der Waals surface area contributed by atoms with Crippen molar-refractivity contribution >= 4 is 27.3 Å². The Morgan fingerprint density at radius 1 is 1.17 bits per heavy atom. The van der Waals surface area contributed by atoms with Gasteiger partial charge in [0, 0.05) is 14.7 Å². The maximum absolute atomic E-state index is 10.3. The summed E-state index contributed by atoms with van der Waals surface area (Å²) >= 11 is 4.91. The number of halogens is 1. The number of hydrogen-bond acceptors (Lipinski definition) is 4. The molecule has 0 saturated heterocycles. The van der Waals surface area contributed by atoms with Gasteiger partial charge in [-0.05, 0) is 39.7 Å². The molecular weight excluding hydrogens is 316 g/mol. The predicted molar refractivity (Wildman–Crippen MR) is 73.5 cm³/mol. The van der Waals surface area contributed by atoms with E-state index in [-0.39, 0.29) is 0 Å². The lowest BCUT2D eigenvalue weighted by atomic mass is 10.1. The largest absolute Gasteiger partial charge is 0.486 e. The minimum absolute atomic E-state index is 0.553. The molecule has 94 valence electrons. The summed E-state index contributed by atoms with van der Waals surface area (Å²) in [5.74, 6) is 1.44. The third-order valence-electron chi connectivity index (χ3n) is 2.74. The molecule has 0 saturated carbocycles. The molecule has 1 aliphatic heterocycles. The molecule has 2 heterocycles. The van der Waals surface area contributed by atoms with Crippen LogP contribution in [0.3, 0.4) is 0 Å². The number of hydrogen-bond donors (Lipinski definition) is 1. The number of ether oxygens (including phenoxy) is 2. The van der Waals surface area contributed by atoms with Crippen molar-refractivity contribution in [1.82, 2.24) is 0 Å². The van der Waals surface area contributed by atoms with Crippen LogP contribution in [0, 0.1) is 0 Å². The minimum Gasteiger partial charge on any atom is -0.486 e. The van der Waals surface area contributed by atoms with E-state index in [2.05, 4.69) is 15.9 Å². The molecule has 0 spiro atoms. The molecule has 0 aliphatic carbocycles. The van der Waals surface area contributed by atoms with E-state index in [4.69, 9.17) is 9.47 Å². The summed E-state index contributed by atoms with van der Waals surface area (Å²) in [4.78, 5) is 0.901. The Morgan fingerprint density at radius 3 is 2.67 bits per heavy atom. The summed E-state index contributed by atoms with van der Waals surface area (Å²) in [6.45, 7) is 1.13. The van der Waals surface area contributed by atoms with Crippen LogP contribution in [0.2, 0.25) is 0 Å². The first-order valence-corrected chi connectivity index (χ1v) is 7.23. The van der Waals surface area contributed by atoms with E-state index in [1.807, 2.05) is 29.6 Å². The van der Waals surface area contributed by atoms with Gasteiger partial charge in [0.25, 0.3) is 0 Å². The molecule has 0 radical (unpaired) electrons. The van der Waals surface area contributed by atoms with Crippen molar-refractivity contribution in [2.75, 3.05) is 13.2 Å². The van der Waals surface area contributed by atoms with Gasteiger partial charge in [0.15, 0.2) is 11.5 Å². The lowest BCUT2D eigenvalue weighted by Gasteiger charge is -2.20. The van der Waals surface area contributed by atoms with Crippen LogP contribution in [0.5, 0.6) is 11.5 Å². The number of aliphatic hydroxyl groups is 1. The summed E-state index contributed by atoms with van der Waals surface area (Å²) in [5, 5.41) is 12.3. The zero-order chi connectivity index (χ0) is 12.5. The van der Waals surface area contributed by atoms with Crippen LogP contribution in [0.25, 0.3) is 0 Å². The normalized spacial score (nSPS) is 15.4. The summed E-state index contributed by atoms with van der Waals surface area (Å²) < 4.78 is 12.0. The fourth-order valence-corrected chi connectivity index (χ4v) is 3.32. The number of thiophene rings is 1. The van der Waals surface area contributed by atoms with E-state index in [0.29, 0.717) is 19.0 Å². The van der Waals surface area contributed by atoms with Crippen molar-refractivity contribution in [3.8, 4) is 11.5 Å². The van der Waals surface area contributed by atoms with Crippen LogP contribution in [-0.2, 0) is 0 Å². The van der Waals surface area contributed by atoms with Crippen LogP contribution in [0.1, 0.15) is 16.5 Å². The number of fused-ring (bicyclic) bond motifs is 1. The highest BCUT2D eigenvalue weighted by atomic mass is 79.9. The molecule has 0 amide bonds. The summed E-state index contributed by atoms with van der Waals surface area (Å²) in [6, 6.07) is 7.47. The van der Waals surface area contributed by atoms with Crippen LogP contribution in [-0.4, -0.2) is 18.3 Å². The van der Waals surface area contributed by atoms with Gasteiger partial charge < -0.3 is 14.6 Å². The van der Waals surface area contributed by atoms with Gasteiger partial charge in [0.2, 0.25) is 0 Å². The molecule has 5 heteroatoms. The second-order valence-corrected chi connectivity index (χ2v) is 5.83. The van der Waals surface area contributed by atoms with E-state index >= 15 is 0 Å². The van der Waals surface area contributed by atoms with Crippen molar-refractivity contribution < 1.29 is 14.6 Å². The Kier molecular flexibility index (Phi) is 3.28. The van der Waals surface area contributed by atoms with Crippen molar-refractivity contribution in [1.29, 1.82) is 0 Å². The van der Waals surface area contributed by atoms with Gasteiger partial charge >= 0.3 is 0 Å². The maximum Gasteiger partial charge on any atom is 0.161 e. The van der Waals surface area contributed by atoms with E-state index in [1.165, 1.54) is 11.3 Å². The Balaban J connectivity index is 1.92. The summed E-state index contributed by atoms with van der Waals surface area (Å²) in [7, 11) is 0. The first kappa shape index (κ1) is 12.0. The van der Waals surface area contributed by atoms with Crippen molar-refractivity contribution in [3.63, 3.8) is 0 Å². The second-order valence-electron chi connectivity index (χ2n) is 3.97. The average molecular weight is 327 g/mol. The third-order valence-corrected chi connectivity index (χ3v) is 4.49.